The van der Waals surface area contributed by atoms with Crippen molar-refractivity contribution < 1.29 is 26.7 Å². The van der Waals surface area contributed by atoms with Crippen LogP contribution in [0.5, 0.6) is 0 Å². The molecule has 0 radical (unpaired) electrons. The van der Waals surface area contributed by atoms with Crippen molar-refractivity contribution >= 4 is 15.8 Å². The van der Waals surface area contributed by atoms with Gasteiger partial charge in [0.05, 0.1) is 6.61 Å². The van der Waals surface area contributed by atoms with Crippen molar-refractivity contribution in [1.29, 1.82) is 0 Å². The molecular weight excluding hydrogens is 282 g/mol. The zero-order chi connectivity index (χ0) is 14.6. The largest absolute Gasteiger partial charge is 0.465 e. The van der Waals surface area contributed by atoms with Gasteiger partial charge in [0.1, 0.15) is 5.69 Å². The average molecular weight is 294 g/mol. The third-order valence-electron chi connectivity index (χ3n) is 1.97. The molecule has 0 aliphatic heterocycles. The molecule has 0 aromatic carbocycles. The highest BCUT2D eigenvalue weighted by Gasteiger charge is 2.25. The first-order valence-corrected chi connectivity index (χ1v) is 6.93. The van der Waals surface area contributed by atoms with Gasteiger partial charge in [-0.3, -0.25) is 4.79 Å². The molecule has 0 bridgehead atoms. The van der Waals surface area contributed by atoms with Crippen molar-refractivity contribution in [2.75, 3.05) is 12.4 Å². The summed E-state index contributed by atoms with van der Waals surface area (Å²) < 4.78 is 53.1. The maximum absolute atomic E-state index is 12.5. The van der Waals surface area contributed by atoms with Gasteiger partial charge in [0.25, 0.3) is 6.43 Å². The lowest BCUT2D eigenvalue weighted by Gasteiger charge is -2.06. The van der Waals surface area contributed by atoms with Gasteiger partial charge in [-0.05, 0) is 19.9 Å². The molecule has 0 spiro atoms. The van der Waals surface area contributed by atoms with Gasteiger partial charge in [0.2, 0.25) is 15.0 Å². The van der Waals surface area contributed by atoms with Crippen molar-refractivity contribution in [1.82, 2.24) is 9.97 Å². The summed E-state index contributed by atoms with van der Waals surface area (Å²) in [6.07, 6.45) is -2.92. The lowest BCUT2D eigenvalue weighted by molar-refractivity contribution is -0.139. The van der Waals surface area contributed by atoms with Crippen molar-refractivity contribution in [2.24, 2.45) is 0 Å². The number of carbonyl (C=O) groups excluding carboxylic acids is 1. The topological polar surface area (TPSA) is 86.2 Å². The summed E-state index contributed by atoms with van der Waals surface area (Å²) in [6.45, 7) is 2.89. The Morgan fingerprint density at radius 2 is 2.05 bits per heavy atom. The molecule has 1 aromatic rings. The van der Waals surface area contributed by atoms with Crippen LogP contribution in [0.3, 0.4) is 0 Å². The highest BCUT2D eigenvalue weighted by atomic mass is 32.2. The summed E-state index contributed by atoms with van der Waals surface area (Å²) in [5.74, 6) is -1.96. The predicted octanol–water partition coefficient (Wildman–Crippen LogP) is 1.06. The molecule has 0 fully saturated rings. The molecule has 1 aromatic heterocycles. The van der Waals surface area contributed by atoms with Crippen LogP contribution in [0.1, 0.15) is 24.7 Å². The molecule has 1 rings (SSSR count). The molecule has 0 aliphatic carbocycles. The third-order valence-corrected chi connectivity index (χ3v) is 3.32. The number of carbonyl (C=O) groups is 1. The van der Waals surface area contributed by atoms with Crippen LogP contribution < -0.4 is 0 Å². The van der Waals surface area contributed by atoms with Gasteiger partial charge in [-0.2, -0.15) is 0 Å². The van der Waals surface area contributed by atoms with Crippen molar-refractivity contribution in [2.45, 2.75) is 25.4 Å². The lowest BCUT2D eigenvalue weighted by atomic mass is 10.3. The molecule has 0 amide bonds. The maximum Gasteiger partial charge on any atom is 0.321 e. The Morgan fingerprint density at radius 1 is 1.42 bits per heavy atom. The molecule has 0 aliphatic rings. The van der Waals surface area contributed by atoms with Crippen molar-refractivity contribution in [3.8, 4) is 0 Å². The zero-order valence-corrected chi connectivity index (χ0v) is 11.1. The van der Waals surface area contributed by atoms with Crippen molar-refractivity contribution in [3.63, 3.8) is 0 Å². The minimum absolute atomic E-state index is 0.0192. The Kier molecular flexibility index (Phi) is 4.87. The van der Waals surface area contributed by atoms with Gasteiger partial charge < -0.3 is 4.74 Å². The van der Waals surface area contributed by atoms with E-state index in [1.165, 1.54) is 13.8 Å². The van der Waals surface area contributed by atoms with Gasteiger partial charge in [0, 0.05) is 5.69 Å². The number of aromatic nitrogens is 2. The first-order chi connectivity index (χ1) is 8.76. The molecule has 9 heteroatoms. The Bertz CT molecular complexity index is 575. The Morgan fingerprint density at radius 3 is 2.58 bits per heavy atom. The number of hydrogen-bond acceptors (Lipinski definition) is 6. The number of rotatable bonds is 5. The summed E-state index contributed by atoms with van der Waals surface area (Å²) in [5.41, 5.74) is -0.623. The number of sulfone groups is 1. The second-order valence-electron chi connectivity index (χ2n) is 3.58. The normalized spacial score (nSPS) is 11.6. The number of hydrogen-bond donors (Lipinski definition) is 0. The smallest absolute Gasteiger partial charge is 0.321 e. The number of ether oxygens (including phenoxy) is 1. The van der Waals surface area contributed by atoms with Crippen LogP contribution in [0.15, 0.2) is 11.2 Å². The molecule has 0 unspecified atom stereocenters. The Labute approximate surface area is 108 Å². The van der Waals surface area contributed by atoms with E-state index in [2.05, 4.69) is 14.7 Å². The van der Waals surface area contributed by atoms with Crippen LogP contribution in [-0.4, -0.2) is 36.7 Å². The summed E-state index contributed by atoms with van der Waals surface area (Å²) in [6, 6.07) is 0.980. The number of alkyl halides is 2. The summed E-state index contributed by atoms with van der Waals surface area (Å²) >= 11 is 0. The standard InChI is InChI=1S/C10H12F2N2O4S/c1-3-18-8(15)5-19(16,17)10-13-6(2)4-7(14-10)9(11)12/h4,9H,3,5H2,1-2H3. The summed E-state index contributed by atoms with van der Waals surface area (Å²) in [5, 5.41) is -0.796. The van der Waals surface area contributed by atoms with Gasteiger partial charge in [-0.25, -0.2) is 27.2 Å². The lowest BCUT2D eigenvalue weighted by Crippen LogP contribution is -2.21. The molecule has 6 nitrogen and oxygen atoms in total. The second-order valence-corrected chi connectivity index (χ2v) is 5.46. The van der Waals surface area contributed by atoms with Gasteiger partial charge in [0.15, 0.2) is 5.75 Å². The maximum atomic E-state index is 12.5. The van der Waals surface area contributed by atoms with E-state index >= 15 is 0 Å². The van der Waals surface area contributed by atoms with Crippen LogP contribution in [0, 0.1) is 6.92 Å². The van der Waals surface area contributed by atoms with Crippen LogP contribution in [0.4, 0.5) is 8.78 Å². The number of aryl methyl sites for hydroxylation is 1. The zero-order valence-electron chi connectivity index (χ0n) is 10.3. The van der Waals surface area contributed by atoms with Crippen molar-refractivity contribution in [3.05, 3.63) is 17.5 Å². The Hall–Kier alpha value is -1.64. The minimum atomic E-state index is -4.19. The van der Waals surface area contributed by atoms with E-state index < -0.39 is 38.8 Å². The highest BCUT2D eigenvalue weighted by Crippen LogP contribution is 2.18. The third kappa shape index (κ3) is 4.19. The number of nitrogens with zero attached hydrogens (tertiary/aromatic N) is 2. The van der Waals surface area contributed by atoms with E-state index in [9.17, 15) is 22.0 Å². The quantitative estimate of drug-likeness (QED) is 0.596. The predicted molar refractivity (Wildman–Crippen MR) is 60.4 cm³/mol. The second kappa shape index (κ2) is 6.00. The average Bonchev–Trinajstić information content (AvgIpc) is 2.27. The first kappa shape index (κ1) is 15.4. The fourth-order valence-electron chi connectivity index (χ4n) is 1.24. The fraction of sp³-hybridized carbons (Fsp3) is 0.500. The van der Waals surface area contributed by atoms with Crippen LogP contribution in [0.25, 0.3) is 0 Å². The molecule has 19 heavy (non-hydrogen) atoms. The van der Waals surface area contributed by atoms with E-state index in [1.807, 2.05) is 0 Å². The van der Waals surface area contributed by atoms with Gasteiger partial charge in [-0.1, -0.05) is 0 Å². The SMILES string of the molecule is CCOC(=O)CS(=O)(=O)c1nc(C)cc(C(F)F)n1. The molecule has 106 valence electrons. The highest BCUT2D eigenvalue weighted by molar-refractivity contribution is 7.91. The van der Waals surface area contributed by atoms with E-state index in [-0.39, 0.29) is 12.3 Å². The van der Waals surface area contributed by atoms with Gasteiger partial charge in [-0.15, -0.1) is 0 Å². The van der Waals surface area contributed by atoms with Gasteiger partial charge >= 0.3 is 5.97 Å². The molecule has 0 N–H and O–H groups in total. The van der Waals surface area contributed by atoms with E-state index in [0.29, 0.717) is 0 Å². The summed E-state index contributed by atoms with van der Waals surface area (Å²) in [7, 11) is -4.19. The summed E-state index contributed by atoms with van der Waals surface area (Å²) in [4.78, 5) is 18.0. The van der Waals surface area contributed by atoms with Crippen LogP contribution in [-0.2, 0) is 19.4 Å². The Balaban J connectivity index is 3.11. The van der Waals surface area contributed by atoms with E-state index in [0.717, 1.165) is 6.07 Å². The fourth-order valence-corrected chi connectivity index (χ4v) is 2.29. The molecule has 0 atom stereocenters. The molecular formula is C10H12F2N2O4S. The first-order valence-electron chi connectivity index (χ1n) is 5.28. The minimum Gasteiger partial charge on any atom is -0.465 e. The number of esters is 1. The molecule has 1 heterocycles. The van der Waals surface area contributed by atoms with E-state index in [1.54, 1.807) is 0 Å². The molecule has 0 saturated carbocycles. The van der Waals surface area contributed by atoms with Crippen LogP contribution >= 0.6 is 0 Å². The number of halogens is 2. The van der Waals surface area contributed by atoms with Crippen LogP contribution in [0.2, 0.25) is 0 Å². The monoisotopic (exact) mass is 294 g/mol. The molecule has 0 saturated heterocycles. The van der Waals surface area contributed by atoms with E-state index in [4.69, 9.17) is 0 Å².